The molecule has 1 atom stereocenters. The molecule has 1 aliphatic rings. The van der Waals surface area contributed by atoms with E-state index in [0.29, 0.717) is 0 Å². The molecule has 0 spiro atoms. The molecule has 0 amide bonds. The number of nitrogens with two attached hydrogens (primary N) is 1. The molecule has 0 radical (unpaired) electrons. The molecular weight excluding hydrogens is 186 g/mol. The molecule has 90 valence electrons. The van der Waals surface area contributed by atoms with Crippen LogP contribution >= 0.6 is 0 Å². The Hall–Kier alpha value is -0.120. The average molecular weight is 213 g/mol. The summed E-state index contributed by atoms with van der Waals surface area (Å²) in [6.45, 7) is 10.0. The van der Waals surface area contributed by atoms with Crippen molar-refractivity contribution in [1.29, 1.82) is 0 Å². The van der Waals surface area contributed by atoms with Crippen molar-refractivity contribution in [2.45, 2.75) is 38.6 Å². The lowest BCUT2D eigenvalue weighted by molar-refractivity contribution is 0.101. The van der Waals surface area contributed by atoms with Crippen molar-refractivity contribution in [3.05, 3.63) is 0 Å². The fourth-order valence-corrected chi connectivity index (χ4v) is 2.74. The summed E-state index contributed by atoms with van der Waals surface area (Å²) in [6.07, 6.45) is 3.69. The van der Waals surface area contributed by atoms with Gasteiger partial charge in [0.15, 0.2) is 0 Å². The Bertz CT molecular complexity index is 178. The highest BCUT2D eigenvalue weighted by molar-refractivity contribution is 4.99. The number of nitrogens with zero attached hydrogens (tertiary/aromatic N) is 2. The van der Waals surface area contributed by atoms with Gasteiger partial charge in [0.05, 0.1) is 0 Å². The Balaban J connectivity index is 2.67. The molecule has 0 saturated carbocycles. The Kier molecular flexibility index (Phi) is 5.03. The van der Waals surface area contributed by atoms with E-state index in [1.165, 1.54) is 38.9 Å². The molecule has 0 aromatic heterocycles. The molecule has 0 aliphatic carbocycles. The van der Waals surface area contributed by atoms with Crippen LogP contribution in [0.3, 0.4) is 0 Å². The predicted octanol–water partition coefficient (Wildman–Crippen LogP) is 1.14. The van der Waals surface area contributed by atoms with Crippen molar-refractivity contribution in [2.75, 3.05) is 39.8 Å². The Morgan fingerprint density at radius 1 is 1.27 bits per heavy atom. The normalized spacial score (nSPS) is 27.8. The van der Waals surface area contributed by atoms with Gasteiger partial charge in [-0.2, -0.15) is 0 Å². The average Bonchev–Trinajstić information content (AvgIpc) is 2.61. The van der Waals surface area contributed by atoms with Crippen LogP contribution in [0.4, 0.5) is 0 Å². The standard InChI is InChI=1S/C12H27N3/c1-4-7-15(8-5-2)12(10-13)6-9-14(3)11-12/h4-11,13H2,1-3H3. The van der Waals surface area contributed by atoms with Gasteiger partial charge in [-0.15, -0.1) is 0 Å². The fourth-order valence-electron chi connectivity index (χ4n) is 2.74. The molecule has 2 N–H and O–H groups in total. The molecule has 1 saturated heterocycles. The van der Waals surface area contributed by atoms with Gasteiger partial charge in [-0.05, 0) is 45.9 Å². The molecular formula is C12H27N3. The third-order valence-electron chi connectivity index (χ3n) is 3.56. The summed E-state index contributed by atoms with van der Waals surface area (Å²) in [5.41, 5.74) is 6.29. The largest absolute Gasteiger partial charge is 0.329 e. The molecule has 0 aromatic rings. The van der Waals surface area contributed by atoms with Gasteiger partial charge >= 0.3 is 0 Å². The fraction of sp³-hybridized carbons (Fsp3) is 1.00. The first-order valence-electron chi connectivity index (χ1n) is 6.32. The second kappa shape index (κ2) is 5.83. The first-order chi connectivity index (χ1) is 7.18. The zero-order chi connectivity index (χ0) is 11.3. The molecule has 15 heavy (non-hydrogen) atoms. The van der Waals surface area contributed by atoms with Gasteiger partial charge in [0.25, 0.3) is 0 Å². The van der Waals surface area contributed by atoms with E-state index < -0.39 is 0 Å². The first kappa shape index (κ1) is 12.9. The van der Waals surface area contributed by atoms with Crippen molar-refractivity contribution < 1.29 is 0 Å². The molecule has 3 heteroatoms. The molecule has 0 aromatic carbocycles. The molecule has 1 rings (SSSR count). The molecule has 1 unspecified atom stereocenters. The minimum absolute atomic E-state index is 0.265. The Morgan fingerprint density at radius 3 is 2.20 bits per heavy atom. The highest BCUT2D eigenvalue weighted by Gasteiger charge is 2.39. The number of hydrogen-bond donors (Lipinski definition) is 1. The number of likely N-dealkylation sites (N-methyl/N-ethyl adjacent to an activating group) is 1. The summed E-state index contributed by atoms with van der Waals surface area (Å²) in [5.74, 6) is 0. The lowest BCUT2D eigenvalue weighted by Gasteiger charge is -2.40. The SMILES string of the molecule is CCCN(CCC)C1(CN)CCN(C)C1. The smallest absolute Gasteiger partial charge is 0.0470 e. The van der Waals surface area contributed by atoms with Gasteiger partial charge in [-0.25, -0.2) is 0 Å². The highest BCUT2D eigenvalue weighted by atomic mass is 15.3. The third-order valence-corrected chi connectivity index (χ3v) is 3.56. The predicted molar refractivity (Wildman–Crippen MR) is 66.1 cm³/mol. The molecule has 1 aliphatic heterocycles. The number of hydrogen-bond acceptors (Lipinski definition) is 3. The van der Waals surface area contributed by atoms with Crippen LogP contribution in [0.1, 0.15) is 33.1 Å². The summed E-state index contributed by atoms with van der Waals surface area (Å²) in [6, 6.07) is 0. The van der Waals surface area contributed by atoms with E-state index in [1.807, 2.05) is 0 Å². The van der Waals surface area contributed by atoms with Crippen LogP contribution in [0.25, 0.3) is 0 Å². The van der Waals surface area contributed by atoms with Gasteiger partial charge in [0.1, 0.15) is 0 Å². The van der Waals surface area contributed by atoms with Crippen LogP contribution in [0.2, 0.25) is 0 Å². The number of likely N-dealkylation sites (tertiary alicyclic amines) is 1. The van der Waals surface area contributed by atoms with Gasteiger partial charge in [-0.1, -0.05) is 13.8 Å². The number of rotatable bonds is 6. The van der Waals surface area contributed by atoms with Crippen molar-refractivity contribution in [1.82, 2.24) is 9.80 Å². The van der Waals surface area contributed by atoms with Crippen LogP contribution in [0.15, 0.2) is 0 Å². The van der Waals surface area contributed by atoms with Crippen molar-refractivity contribution >= 4 is 0 Å². The molecule has 1 fully saturated rings. The third kappa shape index (κ3) is 2.92. The molecule has 3 nitrogen and oxygen atoms in total. The zero-order valence-corrected chi connectivity index (χ0v) is 10.6. The minimum Gasteiger partial charge on any atom is -0.329 e. The van der Waals surface area contributed by atoms with E-state index in [0.717, 1.165) is 13.1 Å². The van der Waals surface area contributed by atoms with E-state index in [2.05, 4.69) is 30.7 Å². The van der Waals surface area contributed by atoms with Gasteiger partial charge in [-0.3, -0.25) is 4.90 Å². The van der Waals surface area contributed by atoms with Crippen LogP contribution in [-0.4, -0.2) is 55.1 Å². The maximum Gasteiger partial charge on any atom is 0.0470 e. The van der Waals surface area contributed by atoms with Gasteiger partial charge < -0.3 is 10.6 Å². The van der Waals surface area contributed by atoms with Crippen molar-refractivity contribution in [2.24, 2.45) is 5.73 Å². The van der Waals surface area contributed by atoms with E-state index in [9.17, 15) is 0 Å². The first-order valence-corrected chi connectivity index (χ1v) is 6.32. The van der Waals surface area contributed by atoms with Crippen LogP contribution in [0.5, 0.6) is 0 Å². The van der Waals surface area contributed by atoms with Gasteiger partial charge in [0, 0.05) is 18.6 Å². The summed E-state index contributed by atoms with van der Waals surface area (Å²) in [4.78, 5) is 5.03. The van der Waals surface area contributed by atoms with Gasteiger partial charge in [0.2, 0.25) is 0 Å². The van der Waals surface area contributed by atoms with Crippen LogP contribution in [0, 0.1) is 0 Å². The Labute approximate surface area is 94.6 Å². The van der Waals surface area contributed by atoms with Crippen molar-refractivity contribution in [3.63, 3.8) is 0 Å². The van der Waals surface area contributed by atoms with E-state index in [4.69, 9.17) is 5.73 Å². The lowest BCUT2D eigenvalue weighted by Crippen LogP contribution is -2.55. The summed E-state index contributed by atoms with van der Waals surface area (Å²) >= 11 is 0. The second-order valence-electron chi connectivity index (χ2n) is 4.90. The monoisotopic (exact) mass is 213 g/mol. The zero-order valence-electron chi connectivity index (χ0n) is 10.6. The van der Waals surface area contributed by atoms with E-state index in [-0.39, 0.29) is 5.54 Å². The van der Waals surface area contributed by atoms with Crippen LogP contribution < -0.4 is 5.73 Å². The van der Waals surface area contributed by atoms with E-state index in [1.54, 1.807) is 0 Å². The van der Waals surface area contributed by atoms with Crippen LogP contribution in [-0.2, 0) is 0 Å². The van der Waals surface area contributed by atoms with E-state index >= 15 is 0 Å². The maximum absolute atomic E-state index is 6.02. The maximum atomic E-state index is 6.02. The second-order valence-corrected chi connectivity index (χ2v) is 4.90. The lowest BCUT2D eigenvalue weighted by atomic mass is 9.95. The quantitative estimate of drug-likeness (QED) is 0.718. The molecule has 0 bridgehead atoms. The summed E-state index contributed by atoms with van der Waals surface area (Å²) in [5, 5.41) is 0. The highest BCUT2D eigenvalue weighted by Crippen LogP contribution is 2.26. The van der Waals surface area contributed by atoms with Crippen molar-refractivity contribution in [3.8, 4) is 0 Å². The Morgan fingerprint density at radius 2 is 1.87 bits per heavy atom. The summed E-state index contributed by atoms with van der Waals surface area (Å²) < 4.78 is 0. The topological polar surface area (TPSA) is 32.5 Å². The molecule has 1 heterocycles. The minimum atomic E-state index is 0.265. The summed E-state index contributed by atoms with van der Waals surface area (Å²) in [7, 11) is 2.20.